The molecule has 2 N–H and O–H groups in total. The lowest BCUT2D eigenvalue weighted by molar-refractivity contribution is -0.157. The lowest BCUT2D eigenvalue weighted by atomic mass is 10.0. The lowest BCUT2D eigenvalue weighted by Gasteiger charge is -2.29. The lowest BCUT2D eigenvalue weighted by Crippen LogP contribution is -2.48. The van der Waals surface area contributed by atoms with Gasteiger partial charge in [-0.1, -0.05) is 44.2 Å². The number of hydrogen-bond donors (Lipinski definition) is 1. The van der Waals surface area contributed by atoms with Crippen molar-refractivity contribution in [2.45, 2.75) is 39.0 Å². The maximum absolute atomic E-state index is 12.3. The van der Waals surface area contributed by atoms with Crippen LogP contribution >= 0.6 is 0 Å². The van der Waals surface area contributed by atoms with Crippen LogP contribution in [0, 0.1) is 5.92 Å². The van der Waals surface area contributed by atoms with Crippen LogP contribution in [-0.4, -0.2) is 35.4 Å². The van der Waals surface area contributed by atoms with Crippen LogP contribution in [0.1, 0.15) is 25.8 Å². The SMILES string of the molecule is CC(C)[C@@H](C(=O)OCc1ccccc1)N1CC[C@@H](N)C1=O. The van der Waals surface area contributed by atoms with E-state index in [1.807, 2.05) is 44.2 Å². The maximum atomic E-state index is 12.3. The van der Waals surface area contributed by atoms with E-state index in [0.717, 1.165) is 5.56 Å². The zero-order valence-corrected chi connectivity index (χ0v) is 12.5. The highest BCUT2D eigenvalue weighted by Crippen LogP contribution is 2.20. The van der Waals surface area contributed by atoms with Gasteiger partial charge in [0.25, 0.3) is 0 Å². The molecule has 0 radical (unpaired) electrons. The van der Waals surface area contributed by atoms with E-state index in [1.165, 1.54) is 0 Å². The minimum atomic E-state index is -0.560. The van der Waals surface area contributed by atoms with E-state index in [2.05, 4.69) is 0 Å². The first-order valence-electron chi connectivity index (χ1n) is 7.27. The van der Waals surface area contributed by atoms with Crippen molar-refractivity contribution in [2.24, 2.45) is 11.7 Å². The number of amides is 1. The molecule has 1 aromatic rings. The molecule has 1 aliphatic rings. The fourth-order valence-electron chi connectivity index (χ4n) is 2.57. The van der Waals surface area contributed by atoms with Gasteiger partial charge in [-0.15, -0.1) is 0 Å². The van der Waals surface area contributed by atoms with Crippen LogP contribution < -0.4 is 5.73 Å². The maximum Gasteiger partial charge on any atom is 0.329 e. The molecule has 2 rings (SSSR count). The Morgan fingerprint density at radius 1 is 1.38 bits per heavy atom. The summed E-state index contributed by atoms with van der Waals surface area (Å²) in [7, 11) is 0. The van der Waals surface area contributed by atoms with Crippen molar-refractivity contribution in [3.8, 4) is 0 Å². The zero-order chi connectivity index (χ0) is 15.4. The smallest absolute Gasteiger partial charge is 0.329 e. The first-order valence-corrected chi connectivity index (χ1v) is 7.27. The van der Waals surface area contributed by atoms with Gasteiger partial charge in [0.1, 0.15) is 12.6 Å². The Hall–Kier alpha value is -1.88. The third-order valence-electron chi connectivity index (χ3n) is 3.71. The minimum Gasteiger partial charge on any atom is -0.459 e. The number of ether oxygens (including phenoxy) is 1. The molecular formula is C16H22N2O3. The Labute approximate surface area is 125 Å². The second kappa shape index (κ2) is 6.72. The number of likely N-dealkylation sites (tertiary alicyclic amines) is 1. The standard InChI is InChI=1S/C16H22N2O3/c1-11(2)14(18-9-8-13(17)15(18)19)16(20)21-10-12-6-4-3-5-7-12/h3-7,11,13-14H,8-10,17H2,1-2H3/t13-,14+/m1/s1. The number of nitrogens with two attached hydrogens (primary N) is 1. The van der Waals surface area contributed by atoms with Gasteiger partial charge in [-0.05, 0) is 17.9 Å². The van der Waals surface area contributed by atoms with Crippen LogP contribution in [0.4, 0.5) is 0 Å². The number of carbonyl (C=O) groups is 2. The van der Waals surface area contributed by atoms with Crippen LogP contribution in [0.2, 0.25) is 0 Å². The predicted octanol–water partition coefficient (Wildman–Crippen LogP) is 1.31. The molecule has 1 aromatic carbocycles. The number of carbonyl (C=O) groups excluding carboxylic acids is 2. The number of nitrogens with zero attached hydrogens (tertiary/aromatic N) is 1. The zero-order valence-electron chi connectivity index (χ0n) is 12.5. The highest BCUT2D eigenvalue weighted by atomic mass is 16.5. The Morgan fingerprint density at radius 3 is 2.57 bits per heavy atom. The third kappa shape index (κ3) is 3.61. The van der Waals surface area contributed by atoms with Gasteiger partial charge in [0.15, 0.2) is 0 Å². The molecule has 5 heteroatoms. The molecule has 2 atom stereocenters. The second-order valence-corrected chi connectivity index (χ2v) is 5.71. The van der Waals surface area contributed by atoms with Crippen molar-refractivity contribution in [3.05, 3.63) is 35.9 Å². The highest BCUT2D eigenvalue weighted by molar-refractivity contribution is 5.89. The van der Waals surface area contributed by atoms with E-state index >= 15 is 0 Å². The molecule has 0 spiro atoms. The van der Waals surface area contributed by atoms with E-state index in [9.17, 15) is 9.59 Å². The number of hydrogen-bond acceptors (Lipinski definition) is 4. The summed E-state index contributed by atoms with van der Waals surface area (Å²) in [6.07, 6.45) is 0.591. The summed E-state index contributed by atoms with van der Waals surface area (Å²) in [6.45, 7) is 4.55. The van der Waals surface area contributed by atoms with Gasteiger partial charge in [0, 0.05) is 6.54 Å². The molecular weight excluding hydrogens is 268 g/mol. The van der Waals surface area contributed by atoms with E-state index in [1.54, 1.807) is 4.90 Å². The van der Waals surface area contributed by atoms with Crippen LogP contribution in [0.25, 0.3) is 0 Å². The van der Waals surface area contributed by atoms with Crippen molar-refractivity contribution in [3.63, 3.8) is 0 Å². The van der Waals surface area contributed by atoms with E-state index < -0.39 is 12.1 Å². The average molecular weight is 290 g/mol. The molecule has 21 heavy (non-hydrogen) atoms. The number of esters is 1. The van der Waals surface area contributed by atoms with E-state index in [-0.39, 0.29) is 24.4 Å². The molecule has 1 aliphatic heterocycles. The molecule has 0 aromatic heterocycles. The van der Waals surface area contributed by atoms with Crippen LogP contribution in [0.3, 0.4) is 0 Å². The molecule has 1 saturated heterocycles. The monoisotopic (exact) mass is 290 g/mol. The quantitative estimate of drug-likeness (QED) is 0.830. The minimum absolute atomic E-state index is 0.0116. The summed E-state index contributed by atoms with van der Waals surface area (Å²) < 4.78 is 5.37. The topological polar surface area (TPSA) is 72.6 Å². The summed E-state index contributed by atoms with van der Waals surface area (Å²) >= 11 is 0. The molecule has 0 aliphatic carbocycles. The summed E-state index contributed by atoms with van der Waals surface area (Å²) in [5, 5.41) is 0. The largest absolute Gasteiger partial charge is 0.459 e. The van der Waals surface area contributed by atoms with Crippen LogP contribution in [-0.2, 0) is 20.9 Å². The van der Waals surface area contributed by atoms with Crippen LogP contribution in [0.5, 0.6) is 0 Å². The van der Waals surface area contributed by atoms with Gasteiger partial charge in [0.05, 0.1) is 6.04 Å². The summed E-state index contributed by atoms with van der Waals surface area (Å²) in [6, 6.07) is 8.44. The summed E-state index contributed by atoms with van der Waals surface area (Å²) in [4.78, 5) is 25.9. The van der Waals surface area contributed by atoms with Crippen LogP contribution in [0.15, 0.2) is 30.3 Å². The summed E-state index contributed by atoms with van der Waals surface area (Å²) in [5.74, 6) is -0.538. The second-order valence-electron chi connectivity index (χ2n) is 5.71. The van der Waals surface area contributed by atoms with Gasteiger partial charge in [-0.2, -0.15) is 0 Å². The number of benzene rings is 1. The highest BCUT2D eigenvalue weighted by Gasteiger charge is 2.39. The predicted molar refractivity (Wildman–Crippen MR) is 79.2 cm³/mol. The fraction of sp³-hybridized carbons (Fsp3) is 0.500. The van der Waals surface area contributed by atoms with Gasteiger partial charge in [0.2, 0.25) is 5.91 Å². The van der Waals surface area contributed by atoms with Crippen molar-refractivity contribution in [2.75, 3.05) is 6.54 Å². The first-order chi connectivity index (χ1) is 10.0. The molecule has 0 bridgehead atoms. The van der Waals surface area contributed by atoms with E-state index in [0.29, 0.717) is 13.0 Å². The Kier molecular flexibility index (Phi) is 4.96. The Bertz CT molecular complexity index is 502. The molecule has 5 nitrogen and oxygen atoms in total. The van der Waals surface area contributed by atoms with Gasteiger partial charge < -0.3 is 15.4 Å². The summed E-state index contributed by atoms with van der Waals surface area (Å²) in [5.41, 5.74) is 6.66. The molecule has 1 heterocycles. The van der Waals surface area contributed by atoms with Gasteiger partial charge in [-0.3, -0.25) is 4.79 Å². The molecule has 1 amide bonds. The molecule has 0 saturated carbocycles. The first kappa shape index (κ1) is 15.5. The fourth-order valence-corrected chi connectivity index (χ4v) is 2.57. The van der Waals surface area contributed by atoms with Gasteiger partial charge >= 0.3 is 5.97 Å². The molecule has 1 fully saturated rings. The molecule has 0 unspecified atom stereocenters. The normalized spacial score (nSPS) is 19.9. The van der Waals surface area contributed by atoms with Crippen molar-refractivity contribution in [1.82, 2.24) is 4.90 Å². The van der Waals surface area contributed by atoms with Crippen molar-refractivity contribution in [1.29, 1.82) is 0 Å². The average Bonchev–Trinajstić information content (AvgIpc) is 2.78. The van der Waals surface area contributed by atoms with Crippen molar-refractivity contribution < 1.29 is 14.3 Å². The third-order valence-corrected chi connectivity index (χ3v) is 3.71. The Morgan fingerprint density at radius 2 is 2.05 bits per heavy atom. The van der Waals surface area contributed by atoms with Crippen molar-refractivity contribution >= 4 is 11.9 Å². The Balaban J connectivity index is 2.01. The number of rotatable bonds is 5. The van der Waals surface area contributed by atoms with Gasteiger partial charge in [-0.25, -0.2) is 4.79 Å². The van der Waals surface area contributed by atoms with E-state index in [4.69, 9.17) is 10.5 Å². The molecule has 114 valence electrons.